The van der Waals surface area contributed by atoms with Crippen LogP contribution in [-0.4, -0.2) is 124 Å². The molecule has 1 aromatic carbocycles. The number of carbonyl (C=O) groups is 4. The third-order valence-corrected chi connectivity index (χ3v) is 12.6. The Bertz CT molecular complexity index is 2040. The quantitative estimate of drug-likeness (QED) is 0.230. The fourth-order valence-electron chi connectivity index (χ4n) is 9.07. The number of likely N-dealkylation sites (tertiary alicyclic amines) is 2. The molecule has 1 aliphatic carbocycles. The first-order chi connectivity index (χ1) is 29.1. The van der Waals surface area contributed by atoms with Crippen molar-refractivity contribution in [2.75, 3.05) is 51.7 Å². The van der Waals surface area contributed by atoms with Crippen molar-refractivity contribution in [1.29, 1.82) is 0 Å². The number of nitrogens with zero attached hydrogens (tertiary/aromatic N) is 5. The van der Waals surface area contributed by atoms with Crippen LogP contribution in [0, 0.1) is 17.3 Å². The second-order valence-corrected chi connectivity index (χ2v) is 18.8. The van der Waals surface area contributed by atoms with Gasteiger partial charge in [-0.25, -0.2) is 14.6 Å². The number of alkyl halides is 3. The Morgan fingerprint density at radius 2 is 1.71 bits per heavy atom. The second kappa shape index (κ2) is 18.9. The first-order valence-corrected chi connectivity index (χ1v) is 21.8. The third-order valence-electron chi connectivity index (χ3n) is 12.3. The minimum atomic E-state index is -5.00. The van der Waals surface area contributed by atoms with E-state index in [0.717, 1.165) is 31.0 Å². The lowest BCUT2D eigenvalue weighted by atomic mass is 9.88. The van der Waals surface area contributed by atoms with Crippen molar-refractivity contribution < 1.29 is 41.8 Å². The SMILES string of the molecule is COC(=O)N[C@H](C(=O)N1C[C@@H](C)C[C@H]1c1ncc(C2=CCC(c3cc(Cl)c(NC(=O)N4CCC(N5CCN(C(=O)C(C)(C)C)C[C@@H]5C)CC4)cc3OC(F)(F)F)C=C2)[nH]1)C(C)C. The van der Waals surface area contributed by atoms with Crippen molar-refractivity contribution in [2.24, 2.45) is 17.3 Å². The van der Waals surface area contributed by atoms with Gasteiger partial charge in [-0.2, -0.15) is 0 Å². The monoisotopic (exact) mass is 888 g/mol. The minimum absolute atomic E-state index is 0.00519. The van der Waals surface area contributed by atoms with Gasteiger partial charge in [-0.15, -0.1) is 13.2 Å². The summed E-state index contributed by atoms with van der Waals surface area (Å²) < 4.78 is 50.7. The number of piperazine rings is 1. The van der Waals surface area contributed by atoms with Gasteiger partial charge < -0.3 is 39.8 Å². The van der Waals surface area contributed by atoms with Crippen LogP contribution < -0.4 is 15.4 Å². The molecule has 0 spiro atoms. The number of imidazole rings is 1. The number of urea groups is 1. The standard InChI is InChI=1S/C44H60ClF3N8O6/c1-25(2)37(52-42(60)61-8)39(57)56-23-26(3)19-35(56)38-49-22-34(50-38)29-11-9-28(10-12-29)31-20-32(45)33(21-36(31)62-44(46,47)48)51-41(59)53-15-13-30(14-16-53)55-18-17-54(24-27(55)4)40(58)43(5,6)7/h9,11-12,20-22,25-28,30,35,37H,10,13-19,23-24H2,1-8H3,(H,49,50)(H,51,59)(H,52,60)/t26-,27-,28?,35-,37-/m0/s1. The molecule has 4 aliphatic rings. The molecule has 3 aliphatic heterocycles. The molecule has 0 radical (unpaired) electrons. The Hall–Kier alpha value is -4.77. The van der Waals surface area contributed by atoms with Gasteiger partial charge in [-0.05, 0) is 56.1 Å². The molecular formula is C44H60ClF3N8O6. The molecule has 18 heteroatoms. The van der Waals surface area contributed by atoms with E-state index in [-0.39, 0.29) is 58.0 Å². The number of anilines is 1. The summed E-state index contributed by atoms with van der Waals surface area (Å²) in [6.45, 7) is 17.1. The highest BCUT2D eigenvalue weighted by Gasteiger charge is 2.41. The summed E-state index contributed by atoms with van der Waals surface area (Å²) in [5.74, 6) is -0.508. The van der Waals surface area contributed by atoms with E-state index < -0.39 is 41.6 Å². The van der Waals surface area contributed by atoms with E-state index in [1.165, 1.54) is 13.2 Å². The van der Waals surface area contributed by atoms with Crippen LogP contribution in [-0.2, 0) is 14.3 Å². The first kappa shape index (κ1) is 46.7. The largest absolute Gasteiger partial charge is 0.573 e. The molecule has 3 N–H and O–H groups in total. The molecule has 3 fully saturated rings. The third kappa shape index (κ3) is 10.9. The van der Waals surface area contributed by atoms with E-state index in [9.17, 15) is 32.3 Å². The molecule has 2 aromatic rings. The molecule has 5 atom stereocenters. The summed E-state index contributed by atoms with van der Waals surface area (Å²) in [5.41, 5.74) is 1.20. The van der Waals surface area contributed by atoms with Gasteiger partial charge in [-0.1, -0.05) is 71.4 Å². The number of benzene rings is 1. The van der Waals surface area contributed by atoms with Crippen molar-refractivity contribution in [2.45, 2.75) is 111 Å². The smallest absolute Gasteiger partial charge is 0.453 e. The normalized spacial score (nSPS) is 23.3. The van der Waals surface area contributed by atoms with Gasteiger partial charge in [0.2, 0.25) is 11.8 Å². The molecule has 14 nitrogen and oxygen atoms in total. The van der Waals surface area contributed by atoms with Gasteiger partial charge in [0.15, 0.2) is 0 Å². The van der Waals surface area contributed by atoms with Gasteiger partial charge in [0.25, 0.3) is 0 Å². The number of carbonyl (C=O) groups excluding carboxylic acids is 4. The summed E-state index contributed by atoms with van der Waals surface area (Å²) in [6.07, 6.45) is 3.83. The van der Waals surface area contributed by atoms with Crippen LogP contribution in [0.25, 0.3) is 5.57 Å². The lowest BCUT2D eigenvalue weighted by molar-refractivity contribution is -0.274. The maximum absolute atomic E-state index is 13.8. The minimum Gasteiger partial charge on any atom is -0.453 e. The molecule has 3 saturated heterocycles. The summed E-state index contributed by atoms with van der Waals surface area (Å²) in [5, 5.41) is 5.45. The van der Waals surface area contributed by atoms with Crippen molar-refractivity contribution in [1.82, 2.24) is 34.9 Å². The summed E-state index contributed by atoms with van der Waals surface area (Å²) >= 11 is 6.67. The van der Waals surface area contributed by atoms with Gasteiger partial charge in [0, 0.05) is 74.3 Å². The number of H-pyrrole nitrogens is 1. The fraction of sp³-hybridized carbons (Fsp3) is 0.614. The number of aromatic nitrogens is 2. The highest BCUT2D eigenvalue weighted by Crippen LogP contribution is 2.42. The van der Waals surface area contributed by atoms with Crippen molar-refractivity contribution in [3.63, 3.8) is 0 Å². The lowest BCUT2D eigenvalue weighted by Crippen LogP contribution is -2.60. The van der Waals surface area contributed by atoms with E-state index >= 15 is 0 Å². The summed E-state index contributed by atoms with van der Waals surface area (Å²) in [6, 6.07) is 1.34. The predicted molar refractivity (Wildman–Crippen MR) is 229 cm³/mol. The Labute approximate surface area is 366 Å². The molecule has 0 saturated carbocycles. The maximum Gasteiger partial charge on any atom is 0.573 e. The number of methoxy groups -OCH3 is 1. The number of amides is 5. The summed E-state index contributed by atoms with van der Waals surface area (Å²) in [7, 11) is 1.25. The number of ether oxygens (including phenoxy) is 2. The van der Waals surface area contributed by atoms with Crippen molar-refractivity contribution >= 4 is 46.8 Å². The first-order valence-electron chi connectivity index (χ1n) is 21.4. The Kier molecular flexibility index (Phi) is 14.3. The number of rotatable bonds is 9. The van der Waals surface area contributed by atoms with E-state index in [0.29, 0.717) is 57.1 Å². The number of hydrogen-bond donors (Lipinski definition) is 3. The van der Waals surface area contributed by atoms with Crippen LogP contribution in [0.4, 0.5) is 28.4 Å². The predicted octanol–water partition coefficient (Wildman–Crippen LogP) is 7.95. The zero-order chi connectivity index (χ0) is 45.3. The van der Waals surface area contributed by atoms with Crippen molar-refractivity contribution in [3.05, 3.63) is 58.7 Å². The van der Waals surface area contributed by atoms with Crippen LogP contribution in [0.2, 0.25) is 5.02 Å². The zero-order valence-corrected chi connectivity index (χ0v) is 37.5. The highest BCUT2D eigenvalue weighted by molar-refractivity contribution is 6.33. The second-order valence-electron chi connectivity index (χ2n) is 18.4. The van der Waals surface area contributed by atoms with Gasteiger partial charge >= 0.3 is 18.5 Å². The van der Waals surface area contributed by atoms with E-state index in [2.05, 4.69) is 37.2 Å². The molecular weight excluding hydrogens is 829 g/mol. The number of allylic oxidation sites excluding steroid dienone is 4. The number of halogens is 4. The molecule has 5 amide bonds. The van der Waals surface area contributed by atoms with E-state index in [4.69, 9.17) is 16.3 Å². The zero-order valence-electron chi connectivity index (χ0n) is 36.8. The molecule has 1 unspecified atom stereocenters. The van der Waals surface area contributed by atoms with Crippen LogP contribution in [0.3, 0.4) is 0 Å². The maximum atomic E-state index is 13.8. The topological polar surface area (TPSA) is 152 Å². The van der Waals surface area contributed by atoms with Gasteiger partial charge in [0.1, 0.15) is 17.6 Å². The Balaban J connectivity index is 1.09. The molecule has 1 aromatic heterocycles. The molecule has 62 heavy (non-hydrogen) atoms. The number of aromatic amines is 1. The van der Waals surface area contributed by atoms with Crippen LogP contribution >= 0.6 is 11.6 Å². The van der Waals surface area contributed by atoms with Gasteiger partial charge in [0.05, 0.1) is 35.8 Å². The van der Waals surface area contributed by atoms with Crippen LogP contribution in [0.15, 0.2) is 36.6 Å². The average molecular weight is 889 g/mol. The van der Waals surface area contributed by atoms with Crippen molar-refractivity contribution in [3.8, 4) is 5.75 Å². The fourth-order valence-corrected chi connectivity index (χ4v) is 9.28. The van der Waals surface area contributed by atoms with Gasteiger partial charge in [-0.3, -0.25) is 14.5 Å². The summed E-state index contributed by atoms with van der Waals surface area (Å²) in [4.78, 5) is 67.7. The molecule has 0 bridgehead atoms. The Morgan fingerprint density at radius 1 is 1.00 bits per heavy atom. The van der Waals surface area contributed by atoms with Crippen LogP contribution in [0.5, 0.6) is 5.75 Å². The van der Waals surface area contributed by atoms with Crippen LogP contribution in [0.1, 0.15) is 103 Å². The molecule has 4 heterocycles. The molecule has 340 valence electrons. The highest BCUT2D eigenvalue weighted by atomic mass is 35.5. The number of piperidine rings is 1. The van der Waals surface area contributed by atoms with E-state index in [1.54, 1.807) is 28.1 Å². The number of nitrogens with one attached hydrogen (secondary N) is 3. The van der Waals surface area contributed by atoms with E-state index in [1.807, 2.05) is 52.5 Å². The Morgan fingerprint density at radius 3 is 2.31 bits per heavy atom. The number of hydrogen-bond acceptors (Lipinski definition) is 8. The number of alkyl carbamates (subject to hydrolysis) is 1. The molecule has 6 rings (SSSR count). The average Bonchev–Trinajstić information content (AvgIpc) is 3.86. The lowest BCUT2D eigenvalue weighted by Gasteiger charge is -2.47.